The van der Waals surface area contributed by atoms with Crippen molar-refractivity contribution in [2.75, 3.05) is 6.54 Å². The van der Waals surface area contributed by atoms with Gasteiger partial charge in [0.2, 0.25) is 0 Å². The SMILES string of the molecule is CC(CCN)c1ccc(Cl)c(-c2ccccc2Cl)c1. The molecule has 1 unspecified atom stereocenters. The first kappa shape index (κ1) is 14.4. The van der Waals surface area contributed by atoms with Crippen molar-refractivity contribution in [1.29, 1.82) is 0 Å². The Kier molecular flexibility index (Phi) is 4.87. The van der Waals surface area contributed by atoms with Crippen LogP contribution < -0.4 is 5.73 Å². The molecule has 1 nitrogen and oxygen atoms in total. The molecule has 2 aromatic rings. The minimum atomic E-state index is 0.420. The Balaban J connectivity index is 2.46. The standard InChI is InChI=1S/C16H17Cl2N/c1-11(8-9-19)12-6-7-16(18)14(10-12)13-4-2-3-5-15(13)17/h2-7,10-11H,8-9,19H2,1H3. The van der Waals surface area contributed by atoms with Crippen LogP contribution in [0.2, 0.25) is 10.0 Å². The Bertz CT molecular complexity index is 566. The highest BCUT2D eigenvalue weighted by Crippen LogP contribution is 2.35. The summed E-state index contributed by atoms with van der Waals surface area (Å²) in [6, 6.07) is 13.9. The van der Waals surface area contributed by atoms with Crippen LogP contribution in [0.5, 0.6) is 0 Å². The van der Waals surface area contributed by atoms with E-state index >= 15 is 0 Å². The normalized spacial score (nSPS) is 12.4. The first-order valence-corrected chi connectivity index (χ1v) is 7.13. The van der Waals surface area contributed by atoms with E-state index in [0.29, 0.717) is 17.5 Å². The van der Waals surface area contributed by atoms with Crippen LogP contribution in [0.15, 0.2) is 42.5 Å². The van der Waals surface area contributed by atoms with Crippen molar-refractivity contribution in [3.63, 3.8) is 0 Å². The fraction of sp³-hybridized carbons (Fsp3) is 0.250. The molecule has 0 saturated heterocycles. The number of hydrogen-bond donors (Lipinski definition) is 1. The lowest BCUT2D eigenvalue weighted by molar-refractivity contribution is 0.690. The average Bonchev–Trinajstić information content (AvgIpc) is 2.40. The summed E-state index contributed by atoms with van der Waals surface area (Å²) >= 11 is 12.5. The zero-order valence-electron chi connectivity index (χ0n) is 10.9. The van der Waals surface area contributed by atoms with Crippen molar-refractivity contribution in [3.05, 3.63) is 58.1 Å². The van der Waals surface area contributed by atoms with Crippen LogP contribution in [0.3, 0.4) is 0 Å². The van der Waals surface area contributed by atoms with Crippen molar-refractivity contribution in [2.24, 2.45) is 5.73 Å². The summed E-state index contributed by atoms with van der Waals surface area (Å²) in [6.07, 6.45) is 0.962. The number of rotatable bonds is 4. The van der Waals surface area contributed by atoms with Gasteiger partial charge in [-0.3, -0.25) is 0 Å². The Labute approximate surface area is 124 Å². The summed E-state index contributed by atoms with van der Waals surface area (Å²) in [5, 5.41) is 1.44. The molecule has 2 N–H and O–H groups in total. The van der Waals surface area contributed by atoms with Gasteiger partial charge < -0.3 is 5.73 Å². The molecule has 0 saturated carbocycles. The van der Waals surface area contributed by atoms with Gasteiger partial charge in [-0.2, -0.15) is 0 Å². The highest BCUT2D eigenvalue weighted by atomic mass is 35.5. The van der Waals surface area contributed by atoms with Crippen molar-refractivity contribution >= 4 is 23.2 Å². The van der Waals surface area contributed by atoms with E-state index in [9.17, 15) is 0 Å². The predicted octanol–water partition coefficient (Wildman–Crippen LogP) is 5.11. The Morgan fingerprint density at radius 1 is 1.00 bits per heavy atom. The summed E-state index contributed by atoms with van der Waals surface area (Å²) in [5.74, 6) is 0.420. The topological polar surface area (TPSA) is 26.0 Å². The van der Waals surface area contributed by atoms with E-state index < -0.39 is 0 Å². The molecular weight excluding hydrogens is 277 g/mol. The molecule has 0 heterocycles. The van der Waals surface area contributed by atoms with Gasteiger partial charge >= 0.3 is 0 Å². The molecule has 0 aromatic heterocycles. The Morgan fingerprint density at radius 2 is 1.68 bits per heavy atom. The van der Waals surface area contributed by atoms with Gasteiger partial charge in [0.05, 0.1) is 0 Å². The Morgan fingerprint density at radius 3 is 2.37 bits per heavy atom. The molecule has 100 valence electrons. The lowest BCUT2D eigenvalue weighted by Gasteiger charge is -2.14. The van der Waals surface area contributed by atoms with Crippen LogP contribution >= 0.6 is 23.2 Å². The first-order chi connectivity index (χ1) is 9.13. The molecule has 2 rings (SSSR count). The van der Waals surface area contributed by atoms with E-state index in [1.807, 2.05) is 30.3 Å². The molecule has 2 aromatic carbocycles. The molecule has 0 fully saturated rings. The number of nitrogens with two attached hydrogens (primary N) is 1. The van der Waals surface area contributed by atoms with Gasteiger partial charge in [0.25, 0.3) is 0 Å². The second-order valence-corrected chi connectivity index (χ2v) is 5.51. The minimum absolute atomic E-state index is 0.420. The first-order valence-electron chi connectivity index (χ1n) is 6.38. The van der Waals surface area contributed by atoms with Crippen molar-refractivity contribution in [1.82, 2.24) is 0 Å². The van der Waals surface area contributed by atoms with E-state index in [1.54, 1.807) is 0 Å². The van der Waals surface area contributed by atoms with Crippen LogP contribution in [0, 0.1) is 0 Å². The zero-order chi connectivity index (χ0) is 13.8. The van der Waals surface area contributed by atoms with Crippen LogP contribution in [-0.2, 0) is 0 Å². The molecule has 0 aliphatic carbocycles. The molecule has 0 amide bonds. The van der Waals surface area contributed by atoms with Crippen molar-refractivity contribution in [2.45, 2.75) is 19.3 Å². The fourth-order valence-corrected chi connectivity index (χ4v) is 2.61. The molecule has 19 heavy (non-hydrogen) atoms. The third kappa shape index (κ3) is 3.30. The summed E-state index contributed by atoms with van der Waals surface area (Å²) in [5.41, 5.74) is 8.81. The summed E-state index contributed by atoms with van der Waals surface area (Å²) < 4.78 is 0. The van der Waals surface area contributed by atoms with Crippen LogP contribution in [0.1, 0.15) is 24.8 Å². The fourth-order valence-electron chi connectivity index (χ4n) is 2.15. The van der Waals surface area contributed by atoms with E-state index in [2.05, 4.69) is 19.1 Å². The molecular formula is C16H17Cl2N. The number of hydrogen-bond acceptors (Lipinski definition) is 1. The minimum Gasteiger partial charge on any atom is -0.330 e. The summed E-state index contributed by atoms with van der Waals surface area (Å²) in [4.78, 5) is 0. The molecule has 0 bridgehead atoms. The zero-order valence-corrected chi connectivity index (χ0v) is 12.4. The third-order valence-electron chi connectivity index (χ3n) is 3.32. The van der Waals surface area contributed by atoms with Crippen LogP contribution in [-0.4, -0.2) is 6.54 Å². The largest absolute Gasteiger partial charge is 0.330 e. The quantitative estimate of drug-likeness (QED) is 0.832. The molecule has 0 radical (unpaired) electrons. The van der Waals surface area contributed by atoms with Gasteiger partial charge in [-0.1, -0.05) is 54.4 Å². The monoisotopic (exact) mass is 293 g/mol. The maximum absolute atomic E-state index is 6.30. The second kappa shape index (κ2) is 6.42. The highest BCUT2D eigenvalue weighted by molar-refractivity contribution is 6.36. The van der Waals surface area contributed by atoms with Gasteiger partial charge in [0.15, 0.2) is 0 Å². The van der Waals surface area contributed by atoms with E-state index in [4.69, 9.17) is 28.9 Å². The highest BCUT2D eigenvalue weighted by Gasteiger charge is 2.11. The summed E-state index contributed by atoms with van der Waals surface area (Å²) in [6.45, 7) is 2.86. The maximum Gasteiger partial charge on any atom is 0.0485 e. The molecule has 0 aliphatic rings. The smallest absolute Gasteiger partial charge is 0.0485 e. The third-order valence-corrected chi connectivity index (χ3v) is 3.98. The van der Waals surface area contributed by atoms with Gasteiger partial charge in [-0.15, -0.1) is 0 Å². The van der Waals surface area contributed by atoms with E-state index in [-0.39, 0.29) is 0 Å². The van der Waals surface area contributed by atoms with Gasteiger partial charge in [0, 0.05) is 21.2 Å². The van der Waals surface area contributed by atoms with E-state index in [0.717, 1.165) is 22.6 Å². The van der Waals surface area contributed by atoms with E-state index in [1.165, 1.54) is 5.56 Å². The number of halogens is 2. The van der Waals surface area contributed by atoms with Crippen molar-refractivity contribution < 1.29 is 0 Å². The molecule has 3 heteroatoms. The van der Waals surface area contributed by atoms with Gasteiger partial charge in [0.1, 0.15) is 0 Å². The molecule has 0 spiro atoms. The predicted molar refractivity (Wildman–Crippen MR) is 84.0 cm³/mol. The summed E-state index contributed by atoms with van der Waals surface area (Å²) in [7, 11) is 0. The molecule has 0 aliphatic heterocycles. The van der Waals surface area contributed by atoms with Crippen LogP contribution in [0.25, 0.3) is 11.1 Å². The maximum atomic E-state index is 6.30. The Hall–Kier alpha value is -1.02. The van der Waals surface area contributed by atoms with Gasteiger partial charge in [-0.25, -0.2) is 0 Å². The van der Waals surface area contributed by atoms with Gasteiger partial charge in [-0.05, 0) is 42.6 Å². The lowest BCUT2D eigenvalue weighted by Crippen LogP contribution is -2.04. The number of benzene rings is 2. The van der Waals surface area contributed by atoms with Crippen LogP contribution in [0.4, 0.5) is 0 Å². The lowest BCUT2D eigenvalue weighted by atomic mass is 9.94. The second-order valence-electron chi connectivity index (χ2n) is 4.70. The average molecular weight is 294 g/mol. The molecule has 1 atom stereocenters. The van der Waals surface area contributed by atoms with Crippen molar-refractivity contribution in [3.8, 4) is 11.1 Å².